The highest BCUT2D eigenvalue weighted by molar-refractivity contribution is 6.06. The van der Waals surface area contributed by atoms with Crippen LogP contribution in [0.1, 0.15) is 22.3 Å². The van der Waals surface area contributed by atoms with Crippen LogP contribution in [0.2, 0.25) is 0 Å². The van der Waals surface area contributed by atoms with Crippen LogP contribution in [0.15, 0.2) is 265 Å². The minimum atomic E-state index is -0.570. The van der Waals surface area contributed by atoms with E-state index in [0.717, 1.165) is 83.9 Å². The fourth-order valence-electron chi connectivity index (χ4n) is 11.6. The van der Waals surface area contributed by atoms with Crippen molar-refractivity contribution in [2.75, 3.05) is 4.90 Å². The topological polar surface area (TPSA) is 25.6 Å². The van der Waals surface area contributed by atoms with Gasteiger partial charge in [-0.1, -0.05) is 200 Å². The quantitative estimate of drug-likeness (QED) is 0.159. The molecule has 0 bridgehead atoms. The van der Waals surface area contributed by atoms with E-state index in [1.165, 1.54) is 44.5 Å². The first-order chi connectivity index (χ1) is 34.7. The molecule has 2 heterocycles. The van der Waals surface area contributed by atoms with Gasteiger partial charge in [0.1, 0.15) is 22.7 Å². The van der Waals surface area contributed by atoms with Gasteiger partial charge in [0.15, 0.2) is 0 Å². The first-order valence-corrected chi connectivity index (χ1v) is 24.0. The number of anilines is 3. The summed E-state index contributed by atoms with van der Waals surface area (Å²) < 4.78 is 13.0. The van der Waals surface area contributed by atoms with Gasteiger partial charge in [0.2, 0.25) is 0 Å². The maximum absolute atomic E-state index is 6.68. The van der Waals surface area contributed by atoms with E-state index in [1.807, 2.05) is 12.1 Å². The van der Waals surface area contributed by atoms with Crippen molar-refractivity contribution < 1.29 is 9.15 Å². The Kier molecular flexibility index (Phi) is 9.11. The van der Waals surface area contributed by atoms with Crippen molar-refractivity contribution in [3.63, 3.8) is 0 Å². The van der Waals surface area contributed by atoms with E-state index in [4.69, 9.17) is 9.15 Å². The van der Waals surface area contributed by atoms with Crippen molar-refractivity contribution in [2.24, 2.45) is 0 Å². The number of hydrogen-bond donors (Lipinski definition) is 0. The lowest BCUT2D eigenvalue weighted by molar-refractivity contribution is 0.436. The van der Waals surface area contributed by atoms with Crippen molar-refractivity contribution in [2.45, 2.75) is 5.41 Å². The molecule has 70 heavy (non-hydrogen) atoms. The Balaban J connectivity index is 1.00. The van der Waals surface area contributed by atoms with Crippen molar-refractivity contribution in [1.82, 2.24) is 0 Å². The summed E-state index contributed by atoms with van der Waals surface area (Å²) >= 11 is 0. The molecule has 3 heteroatoms. The van der Waals surface area contributed by atoms with Gasteiger partial charge in [0.25, 0.3) is 0 Å². The molecule has 0 N–H and O–H groups in total. The van der Waals surface area contributed by atoms with Crippen molar-refractivity contribution in [1.29, 1.82) is 0 Å². The molecule has 1 spiro atoms. The lowest BCUT2D eigenvalue weighted by Gasteiger charge is -2.39. The minimum Gasteiger partial charge on any atom is -0.457 e. The second-order valence-electron chi connectivity index (χ2n) is 18.3. The van der Waals surface area contributed by atoms with Crippen LogP contribution in [0.4, 0.5) is 17.1 Å². The number of hydrogen-bond acceptors (Lipinski definition) is 3. The molecule has 1 aliphatic carbocycles. The van der Waals surface area contributed by atoms with E-state index in [1.54, 1.807) is 0 Å². The summed E-state index contributed by atoms with van der Waals surface area (Å²) in [5.74, 6) is 1.77. The second kappa shape index (κ2) is 16.0. The fraction of sp³-hybridized carbons (Fsp3) is 0.0149. The largest absolute Gasteiger partial charge is 0.457 e. The van der Waals surface area contributed by atoms with Crippen LogP contribution in [-0.4, -0.2) is 0 Å². The molecule has 0 amide bonds. The third-order valence-corrected chi connectivity index (χ3v) is 14.6. The highest BCUT2D eigenvalue weighted by atomic mass is 16.5. The van der Waals surface area contributed by atoms with E-state index in [2.05, 4.69) is 254 Å². The Labute approximate surface area is 406 Å². The maximum atomic E-state index is 6.68. The Morgan fingerprint density at radius 3 is 1.59 bits per heavy atom. The zero-order valence-corrected chi connectivity index (χ0v) is 38.1. The number of para-hydroxylation sites is 4. The Bertz CT molecular complexity index is 3970. The molecule has 12 aromatic rings. The predicted molar refractivity (Wildman–Crippen MR) is 288 cm³/mol. The van der Waals surface area contributed by atoms with Gasteiger partial charge in [0.05, 0.1) is 11.1 Å². The van der Waals surface area contributed by atoms with E-state index >= 15 is 0 Å². The Morgan fingerprint density at radius 1 is 0.286 bits per heavy atom. The average molecular weight is 894 g/mol. The number of ether oxygens (including phenoxy) is 1. The van der Waals surface area contributed by atoms with Gasteiger partial charge in [-0.15, -0.1) is 0 Å². The third kappa shape index (κ3) is 6.08. The van der Waals surface area contributed by atoms with Gasteiger partial charge in [-0.2, -0.15) is 0 Å². The second-order valence-corrected chi connectivity index (χ2v) is 18.3. The molecule has 11 aromatic carbocycles. The van der Waals surface area contributed by atoms with Gasteiger partial charge >= 0.3 is 0 Å². The van der Waals surface area contributed by atoms with Gasteiger partial charge in [0, 0.05) is 38.8 Å². The average Bonchev–Trinajstić information content (AvgIpc) is 3.95. The Hall–Kier alpha value is -9.18. The molecule has 328 valence electrons. The normalized spacial score (nSPS) is 12.8. The van der Waals surface area contributed by atoms with Crippen molar-refractivity contribution >= 4 is 39.0 Å². The summed E-state index contributed by atoms with van der Waals surface area (Å²) in [6.45, 7) is 0. The molecule has 0 radical (unpaired) electrons. The lowest BCUT2D eigenvalue weighted by Crippen LogP contribution is -2.32. The van der Waals surface area contributed by atoms with Crippen LogP contribution < -0.4 is 9.64 Å². The summed E-state index contributed by atoms with van der Waals surface area (Å²) in [6.07, 6.45) is 0. The fourth-order valence-corrected chi connectivity index (χ4v) is 11.6. The van der Waals surface area contributed by atoms with Crippen LogP contribution in [0, 0.1) is 0 Å². The van der Waals surface area contributed by atoms with Gasteiger partial charge in [-0.05, 0) is 122 Å². The molecule has 1 aromatic heterocycles. The Morgan fingerprint density at radius 2 is 0.814 bits per heavy atom. The number of fused-ring (bicyclic) bond motifs is 12. The zero-order chi connectivity index (χ0) is 46.2. The summed E-state index contributed by atoms with van der Waals surface area (Å²) in [6, 6.07) is 94.3. The molecule has 0 fully saturated rings. The van der Waals surface area contributed by atoms with Crippen molar-refractivity contribution in [3.05, 3.63) is 283 Å². The SMILES string of the molecule is c1ccc(-c2ccccc2-c2ccccc2-c2ccccc2N(c2cccc(-c3ccc4oc5ccccc5c4c3)c2)c2ccc3c(c2)-c2ccccc2C32c3ccccc3Oc3ccccc32)cc1. The lowest BCUT2D eigenvalue weighted by atomic mass is 9.66. The molecule has 3 nitrogen and oxygen atoms in total. The first-order valence-electron chi connectivity index (χ1n) is 24.0. The molecule has 0 saturated heterocycles. The van der Waals surface area contributed by atoms with Gasteiger partial charge in [-0.25, -0.2) is 0 Å². The predicted octanol–water partition coefficient (Wildman–Crippen LogP) is 18.2. The van der Waals surface area contributed by atoms with E-state index in [-0.39, 0.29) is 0 Å². The van der Waals surface area contributed by atoms with Crippen LogP contribution in [-0.2, 0) is 5.41 Å². The summed E-state index contributed by atoms with van der Waals surface area (Å²) in [7, 11) is 0. The molecular weight excluding hydrogens is 851 g/mol. The molecule has 0 saturated carbocycles. The molecular formula is C67H43NO2. The number of furan rings is 1. The molecule has 14 rings (SSSR count). The maximum Gasteiger partial charge on any atom is 0.135 e. The monoisotopic (exact) mass is 893 g/mol. The molecule has 0 atom stereocenters. The summed E-state index contributed by atoms with van der Waals surface area (Å²) in [5.41, 5.74) is 20.9. The standard InChI is InChI=1S/C67H43NO2/c1-2-19-44(20-3-1)49-23-4-5-24-50(49)51-25-6-7-26-52(51)54-28-9-14-33-62(54)68(47-22-18-21-45(41-47)46-37-40-64-57(42-46)55-29-10-15-34-63(55)69-64)48-38-39-59-56(43-48)53-27-8-11-30-58(53)67(59)60-31-12-16-35-65(60)70-66-36-17-13-32-61(66)67/h1-43H. The highest BCUT2D eigenvalue weighted by Crippen LogP contribution is 2.62. The smallest absolute Gasteiger partial charge is 0.135 e. The highest BCUT2D eigenvalue weighted by Gasteiger charge is 2.51. The molecule has 1 aliphatic heterocycles. The number of benzene rings is 11. The first kappa shape index (κ1) is 39.9. The summed E-state index contributed by atoms with van der Waals surface area (Å²) in [5, 5.41) is 2.22. The van der Waals surface area contributed by atoms with Crippen LogP contribution in [0.25, 0.3) is 77.6 Å². The number of rotatable bonds is 7. The van der Waals surface area contributed by atoms with E-state index < -0.39 is 5.41 Å². The third-order valence-electron chi connectivity index (χ3n) is 14.6. The van der Waals surface area contributed by atoms with Crippen LogP contribution >= 0.6 is 0 Å². The van der Waals surface area contributed by atoms with Gasteiger partial charge < -0.3 is 14.1 Å². The zero-order valence-electron chi connectivity index (χ0n) is 38.1. The molecule has 2 aliphatic rings. The van der Waals surface area contributed by atoms with Crippen LogP contribution in [0.3, 0.4) is 0 Å². The summed E-state index contributed by atoms with van der Waals surface area (Å²) in [4.78, 5) is 2.46. The van der Waals surface area contributed by atoms with E-state index in [9.17, 15) is 0 Å². The minimum absolute atomic E-state index is 0.570. The van der Waals surface area contributed by atoms with Crippen molar-refractivity contribution in [3.8, 4) is 67.1 Å². The number of nitrogens with zero attached hydrogens (tertiary/aromatic N) is 1. The molecule has 0 unspecified atom stereocenters. The van der Waals surface area contributed by atoms with E-state index in [0.29, 0.717) is 0 Å². The van der Waals surface area contributed by atoms with Crippen LogP contribution in [0.5, 0.6) is 11.5 Å². The van der Waals surface area contributed by atoms with Gasteiger partial charge in [-0.3, -0.25) is 0 Å².